The van der Waals surface area contributed by atoms with Crippen LogP contribution < -0.4 is 5.32 Å². The second kappa shape index (κ2) is 7.85. The Morgan fingerprint density at radius 3 is 2.90 bits per heavy atom. The third kappa shape index (κ3) is 4.11. The summed E-state index contributed by atoms with van der Waals surface area (Å²) in [5, 5.41) is 3.01. The van der Waals surface area contributed by atoms with E-state index in [2.05, 4.69) is 23.3 Å². The fraction of sp³-hybridized carbons (Fsp3) is 0.435. The molecule has 2 fully saturated rings. The van der Waals surface area contributed by atoms with Gasteiger partial charge in [0, 0.05) is 43.4 Å². The Bertz CT molecular complexity index is 901. The molecular weight excluding hydrogens is 364 g/mol. The van der Waals surface area contributed by atoms with Crippen molar-refractivity contribution in [3.05, 3.63) is 59.9 Å². The normalized spacial score (nSPS) is 22.6. The molecule has 6 heteroatoms. The Morgan fingerprint density at radius 1 is 1.28 bits per heavy atom. The van der Waals surface area contributed by atoms with E-state index in [0.717, 1.165) is 30.6 Å². The average molecular weight is 393 g/mol. The van der Waals surface area contributed by atoms with Crippen molar-refractivity contribution < 1.29 is 9.59 Å². The number of hydrogen-bond acceptors (Lipinski definition) is 3. The molecule has 4 rings (SSSR count). The number of aromatic nitrogens is 1. The summed E-state index contributed by atoms with van der Waals surface area (Å²) in [5.74, 6) is 0.172. The van der Waals surface area contributed by atoms with Gasteiger partial charge in [0.25, 0.3) is 0 Å². The van der Waals surface area contributed by atoms with Gasteiger partial charge in [0.1, 0.15) is 0 Å². The van der Waals surface area contributed by atoms with Crippen LogP contribution in [0.4, 0.5) is 10.5 Å². The summed E-state index contributed by atoms with van der Waals surface area (Å²) < 4.78 is 0. The van der Waals surface area contributed by atoms with Crippen LogP contribution >= 0.6 is 0 Å². The van der Waals surface area contributed by atoms with Gasteiger partial charge in [-0.3, -0.25) is 9.78 Å². The quantitative estimate of drug-likeness (QED) is 0.846. The molecule has 2 aromatic rings. The fourth-order valence-electron chi connectivity index (χ4n) is 4.37. The van der Waals surface area contributed by atoms with Gasteiger partial charge in [-0.25, -0.2) is 4.79 Å². The van der Waals surface area contributed by atoms with Crippen molar-refractivity contribution in [3.63, 3.8) is 0 Å². The fourth-order valence-corrected chi connectivity index (χ4v) is 4.37. The Morgan fingerprint density at radius 2 is 2.14 bits per heavy atom. The van der Waals surface area contributed by atoms with Gasteiger partial charge in [0.05, 0.1) is 12.2 Å². The van der Waals surface area contributed by atoms with Gasteiger partial charge in [0.2, 0.25) is 5.91 Å². The lowest BCUT2D eigenvalue weighted by Crippen LogP contribution is -2.34. The second-order valence-corrected chi connectivity index (χ2v) is 8.29. The van der Waals surface area contributed by atoms with Crippen molar-refractivity contribution >= 4 is 17.6 Å². The number of carbonyl (C=O) groups is 2. The summed E-state index contributed by atoms with van der Waals surface area (Å²) in [7, 11) is 1.84. The minimum Gasteiger partial charge on any atom is -0.340 e. The third-order valence-corrected chi connectivity index (χ3v) is 6.25. The summed E-state index contributed by atoms with van der Waals surface area (Å²) in [5.41, 5.74) is 2.87. The molecule has 1 spiro atoms. The number of benzene rings is 1. The number of pyridine rings is 1. The molecule has 1 aliphatic carbocycles. The molecule has 1 saturated carbocycles. The van der Waals surface area contributed by atoms with Crippen LogP contribution in [-0.2, 0) is 17.8 Å². The standard InChI is InChI=1S/C23H28N4O2/c1-3-17-7-6-9-18(13-17)25-22(29)27-12-10-23(16-27)14-20(23)21(28)26(2)15-19-8-4-5-11-24-19/h4-9,11,13,20H,3,10,12,14-16H2,1-2H3,(H,25,29)/t20-,23+/m1/s1. The van der Waals surface area contributed by atoms with Crippen LogP contribution in [0.3, 0.4) is 0 Å². The van der Waals surface area contributed by atoms with E-state index in [-0.39, 0.29) is 23.3 Å². The first-order chi connectivity index (χ1) is 14.0. The van der Waals surface area contributed by atoms with Crippen molar-refractivity contribution in [2.75, 3.05) is 25.5 Å². The zero-order chi connectivity index (χ0) is 20.4. The number of hydrogen-bond donors (Lipinski definition) is 1. The van der Waals surface area contributed by atoms with Crippen LogP contribution in [0, 0.1) is 11.3 Å². The maximum absolute atomic E-state index is 12.9. The highest BCUT2D eigenvalue weighted by atomic mass is 16.2. The first kappa shape index (κ1) is 19.4. The maximum Gasteiger partial charge on any atom is 0.321 e. The van der Waals surface area contributed by atoms with Gasteiger partial charge in [-0.1, -0.05) is 25.1 Å². The molecule has 2 aliphatic rings. The molecule has 0 radical (unpaired) electrons. The number of aryl methyl sites for hydroxylation is 1. The first-order valence-corrected chi connectivity index (χ1v) is 10.3. The zero-order valence-corrected chi connectivity index (χ0v) is 17.1. The number of carbonyl (C=O) groups excluding carboxylic acids is 2. The smallest absolute Gasteiger partial charge is 0.321 e. The van der Waals surface area contributed by atoms with Gasteiger partial charge in [0.15, 0.2) is 0 Å². The maximum atomic E-state index is 12.9. The lowest BCUT2D eigenvalue weighted by atomic mass is 10.0. The molecule has 1 N–H and O–H groups in total. The van der Waals surface area contributed by atoms with Crippen molar-refractivity contribution in [1.82, 2.24) is 14.8 Å². The van der Waals surface area contributed by atoms with Crippen LogP contribution in [0.15, 0.2) is 48.7 Å². The summed E-state index contributed by atoms with van der Waals surface area (Å²) in [6, 6.07) is 13.6. The van der Waals surface area contributed by atoms with E-state index in [4.69, 9.17) is 0 Å². The molecule has 29 heavy (non-hydrogen) atoms. The van der Waals surface area contributed by atoms with E-state index in [1.165, 1.54) is 5.56 Å². The van der Waals surface area contributed by atoms with E-state index in [1.54, 1.807) is 11.1 Å². The number of nitrogens with zero attached hydrogens (tertiary/aromatic N) is 3. The van der Waals surface area contributed by atoms with Crippen LogP contribution in [0.25, 0.3) is 0 Å². The molecule has 6 nitrogen and oxygen atoms in total. The number of rotatable bonds is 5. The highest BCUT2D eigenvalue weighted by Gasteiger charge is 2.61. The van der Waals surface area contributed by atoms with E-state index >= 15 is 0 Å². The molecule has 2 heterocycles. The Balaban J connectivity index is 1.32. The van der Waals surface area contributed by atoms with Crippen LogP contribution in [0.5, 0.6) is 0 Å². The molecule has 0 bridgehead atoms. The van der Waals surface area contributed by atoms with Crippen LogP contribution in [-0.4, -0.2) is 46.9 Å². The number of likely N-dealkylation sites (tertiary alicyclic amines) is 1. The molecule has 2 atom stereocenters. The molecule has 1 aromatic heterocycles. The van der Waals surface area contributed by atoms with Gasteiger partial charge < -0.3 is 15.1 Å². The molecule has 1 aliphatic heterocycles. The Kier molecular flexibility index (Phi) is 5.26. The number of nitrogens with one attached hydrogen (secondary N) is 1. The van der Waals surface area contributed by atoms with Gasteiger partial charge in [-0.15, -0.1) is 0 Å². The minimum atomic E-state index is -0.0740. The topological polar surface area (TPSA) is 65.5 Å². The molecule has 0 unspecified atom stereocenters. The summed E-state index contributed by atoms with van der Waals surface area (Å²) in [6.45, 7) is 3.97. The number of anilines is 1. The number of urea groups is 1. The van der Waals surface area contributed by atoms with E-state index < -0.39 is 0 Å². The van der Waals surface area contributed by atoms with Crippen molar-refractivity contribution in [2.24, 2.45) is 11.3 Å². The lowest BCUT2D eigenvalue weighted by Gasteiger charge is -2.20. The van der Waals surface area contributed by atoms with Gasteiger partial charge in [-0.2, -0.15) is 0 Å². The molecule has 1 aromatic carbocycles. The van der Waals surface area contributed by atoms with Crippen LogP contribution in [0.1, 0.15) is 31.0 Å². The summed E-state index contributed by atoms with van der Waals surface area (Å²) >= 11 is 0. The highest BCUT2D eigenvalue weighted by Crippen LogP contribution is 2.59. The SMILES string of the molecule is CCc1cccc(NC(=O)N2CC[C@]3(C[C@@H]3C(=O)N(C)Cc3ccccn3)C2)c1. The molecule has 3 amide bonds. The van der Waals surface area contributed by atoms with Crippen molar-refractivity contribution in [2.45, 2.75) is 32.7 Å². The third-order valence-electron chi connectivity index (χ3n) is 6.25. The van der Waals surface area contributed by atoms with Gasteiger partial charge in [-0.05, 0) is 49.1 Å². The van der Waals surface area contributed by atoms with Gasteiger partial charge >= 0.3 is 6.03 Å². The minimum absolute atomic E-state index is 0.0115. The first-order valence-electron chi connectivity index (χ1n) is 10.3. The molecular formula is C23H28N4O2. The molecule has 152 valence electrons. The zero-order valence-electron chi connectivity index (χ0n) is 17.1. The Hall–Kier alpha value is -2.89. The van der Waals surface area contributed by atoms with E-state index in [0.29, 0.717) is 19.6 Å². The van der Waals surface area contributed by atoms with E-state index in [9.17, 15) is 9.59 Å². The highest BCUT2D eigenvalue weighted by molar-refractivity contribution is 5.90. The second-order valence-electron chi connectivity index (χ2n) is 8.29. The number of amides is 3. The summed E-state index contributed by atoms with van der Waals surface area (Å²) in [4.78, 5) is 33.5. The summed E-state index contributed by atoms with van der Waals surface area (Å²) in [6.07, 6.45) is 4.44. The average Bonchev–Trinajstić information content (AvgIpc) is 3.26. The largest absolute Gasteiger partial charge is 0.340 e. The van der Waals surface area contributed by atoms with Crippen LogP contribution in [0.2, 0.25) is 0 Å². The Labute approximate surface area is 171 Å². The predicted molar refractivity (Wildman–Crippen MR) is 112 cm³/mol. The van der Waals surface area contributed by atoms with Crippen molar-refractivity contribution in [1.29, 1.82) is 0 Å². The lowest BCUT2D eigenvalue weighted by molar-refractivity contribution is -0.132. The van der Waals surface area contributed by atoms with Crippen molar-refractivity contribution in [3.8, 4) is 0 Å². The monoisotopic (exact) mass is 392 g/mol. The van der Waals surface area contributed by atoms with E-state index in [1.807, 2.05) is 48.3 Å². The predicted octanol–water partition coefficient (Wildman–Crippen LogP) is 3.55. The molecule has 1 saturated heterocycles.